The Kier molecular flexibility index (Phi) is 6.06. The van der Waals surface area contributed by atoms with Crippen LogP contribution in [0, 0.1) is 11.6 Å². The number of hydrogen-bond donors (Lipinski definition) is 0. The summed E-state index contributed by atoms with van der Waals surface area (Å²) >= 11 is 0. The molecular formula is C22H21F5O. The summed E-state index contributed by atoms with van der Waals surface area (Å²) in [5.74, 6) is -2.64. The zero-order chi connectivity index (χ0) is 20.3. The molecule has 0 spiro atoms. The first-order valence-corrected chi connectivity index (χ1v) is 9.31. The van der Waals surface area contributed by atoms with Gasteiger partial charge in [-0.2, -0.15) is 0 Å². The molecule has 2 aromatic carbocycles. The van der Waals surface area contributed by atoms with Gasteiger partial charge >= 0.3 is 6.36 Å². The van der Waals surface area contributed by atoms with Crippen molar-refractivity contribution in [1.29, 1.82) is 0 Å². The van der Waals surface area contributed by atoms with E-state index in [0.29, 0.717) is 12.8 Å². The molecule has 3 rings (SSSR count). The van der Waals surface area contributed by atoms with Crippen molar-refractivity contribution in [3.8, 4) is 16.9 Å². The summed E-state index contributed by atoms with van der Waals surface area (Å²) in [6.45, 7) is 2.14. The first kappa shape index (κ1) is 20.4. The molecule has 0 heterocycles. The van der Waals surface area contributed by atoms with Gasteiger partial charge in [0.05, 0.1) is 0 Å². The van der Waals surface area contributed by atoms with Crippen LogP contribution in [0.25, 0.3) is 11.1 Å². The van der Waals surface area contributed by atoms with Gasteiger partial charge < -0.3 is 4.74 Å². The highest BCUT2D eigenvalue weighted by Crippen LogP contribution is 2.34. The van der Waals surface area contributed by atoms with Crippen LogP contribution in [0.4, 0.5) is 22.0 Å². The summed E-state index contributed by atoms with van der Waals surface area (Å²) in [5, 5.41) is 0. The quantitative estimate of drug-likeness (QED) is 0.287. The van der Waals surface area contributed by atoms with Crippen molar-refractivity contribution < 1.29 is 26.7 Å². The number of benzene rings is 2. The minimum atomic E-state index is -4.99. The first-order chi connectivity index (χ1) is 13.3. The summed E-state index contributed by atoms with van der Waals surface area (Å²) in [5.41, 5.74) is 3.50. The summed E-state index contributed by atoms with van der Waals surface area (Å²) in [7, 11) is 0. The van der Waals surface area contributed by atoms with E-state index in [1.165, 1.54) is 17.7 Å². The Morgan fingerprint density at radius 2 is 1.75 bits per heavy atom. The molecule has 150 valence electrons. The Morgan fingerprint density at radius 3 is 2.43 bits per heavy atom. The Bertz CT molecular complexity index is 883. The van der Waals surface area contributed by atoms with Crippen LogP contribution < -0.4 is 4.74 Å². The zero-order valence-corrected chi connectivity index (χ0v) is 15.5. The number of ether oxygens (including phenoxy) is 1. The number of allylic oxidation sites excluding steroid dienone is 2. The van der Waals surface area contributed by atoms with Crippen LogP contribution in [-0.2, 0) is 12.8 Å². The lowest BCUT2D eigenvalue weighted by atomic mass is 9.87. The average molecular weight is 396 g/mol. The molecule has 0 unspecified atom stereocenters. The molecule has 0 amide bonds. The normalized spacial score (nSPS) is 13.9. The molecule has 1 aliphatic carbocycles. The van der Waals surface area contributed by atoms with E-state index in [2.05, 4.69) is 17.7 Å². The van der Waals surface area contributed by atoms with E-state index in [1.807, 2.05) is 0 Å². The molecule has 6 heteroatoms. The van der Waals surface area contributed by atoms with Gasteiger partial charge in [0.15, 0.2) is 11.6 Å². The zero-order valence-electron chi connectivity index (χ0n) is 15.5. The standard InChI is InChI=1S/C22H21F5O/c1-2-3-4-5-14-6-7-15-11-18(19(23)13-17(15)10-14)16-8-9-21(20(24)12-16)28-22(25,26)27/h6,8-9,11-13H,2-5,7,10H2,1H3. The fourth-order valence-corrected chi connectivity index (χ4v) is 3.47. The van der Waals surface area contributed by atoms with Crippen molar-refractivity contribution in [1.82, 2.24) is 0 Å². The summed E-state index contributed by atoms with van der Waals surface area (Å²) in [6, 6.07) is 6.06. The third kappa shape index (κ3) is 4.91. The third-order valence-electron chi connectivity index (χ3n) is 4.89. The van der Waals surface area contributed by atoms with Gasteiger partial charge in [0.2, 0.25) is 0 Å². The minimum absolute atomic E-state index is 0.166. The fraction of sp³-hybridized carbons (Fsp3) is 0.364. The number of rotatable bonds is 6. The van der Waals surface area contributed by atoms with Crippen molar-refractivity contribution >= 4 is 0 Å². The molecule has 1 nitrogen and oxygen atoms in total. The van der Waals surface area contributed by atoms with Crippen LogP contribution in [0.2, 0.25) is 0 Å². The highest BCUT2D eigenvalue weighted by Gasteiger charge is 2.32. The molecule has 2 aromatic rings. The molecule has 0 aliphatic heterocycles. The smallest absolute Gasteiger partial charge is 0.403 e. The molecule has 0 N–H and O–H groups in total. The molecule has 28 heavy (non-hydrogen) atoms. The van der Waals surface area contributed by atoms with Crippen molar-refractivity contribution in [2.24, 2.45) is 0 Å². The maximum Gasteiger partial charge on any atom is 0.573 e. The topological polar surface area (TPSA) is 9.23 Å². The van der Waals surface area contributed by atoms with E-state index in [-0.39, 0.29) is 11.1 Å². The SMILES string of the molecule is CCCCCC1=CCc2cc(-c3ccc(OC(F)(F)F)c(F)c3)c(F)cc2C1. The van der Waals surface area contributed by atoms with Gasteiger partial charge in [-0.3, -0.25) is 0 Å². The van der Waals surface area contributed by atoms with Gasteiger partial charge in [0.1, 0.15) is 5.82 Å². The molecule has 0 bridgehead atoms. The van der Waals surface area contributed by atoms with Gasteiger partial charge in [0, 0.05) is 5.56 Å². The number of halogens is 5. The highest BCUT2D eigenvalue weighted by molar-refractivity contribution is 5.67. The third-order valence-corrected chi connectivity index (χ3v) is 4.89. The molecule has 0 radical (unpaired) electrons. The number of alkyl halides is 3. The Balaban J connectivity index is 1.82. The van der Waals surface area contributed by atoms with Crippen molar-refractivity contribution in [2.45, 2.75) is 51.8 Å². The van der Waals surface area contributed by atoms with Crippen LogP contribution >= 0.6 is 0 Å². The summed E-state index contributed by atoms with van der Waals surface area (Å²) in [6.07, 6.45) is 2.96. The molecule has 0 atom stereocenters. The molecule has 0 fully saturated rings. The first-order valence-electron chi connectivity index (χ1n) is 9.31. The molecular weight excluding hydrogens is 375 g/mol. The number of hydrogen-bond acceptors (Lipinski definition) is 1. The lowest BCUT2D eigenvalue weighted by Gasteiger charge is -2.19. The second-order valence-corrected chi connectivity index (χ2v) is 6.99. The maximum absolute atomic E-state index is 14.6. The second kappa shape index (κ2) is 8.33. The summed E-state index contributed by atoms with van der Waals surface area (Å²) in [4.78, 5) is 0. The maximum atomic E-state index is 14.6. The van der Waals surface area contributed by atoms with E-state index >= 15 is 0 Å². The van der Waals surface area contributed by atoms with E-state index in [1.54, 1.807) is 6.07 Å². The van der Waals surface area contributed by atoms with Crippen LogP contribution in [0.1, 0.15) is 43.7 Å². The van der Waals surface area contributed by atoms with E-state index in [9.17, 15) is 22.0 Å². The Hall–Kier alpha value is -2.37. The Morgan fingerprint density at radius 1 is 0.964 bits per heavy atom. The van der Waals surface area contributed by atoms with Crippen LogP contribution in [0.3, 0.4) is 0 Å². The van der Waals surface area contributed by atoms with Gasteiger partial charge in [-0.1, -0.05) is 37.5 Å². The monoisotopic (exact) mass is 396 g/mol. The van der Waals surface area contributed by atoms with Gasteiger partial charge in [-0.25, -0.2) is 8.78 Å². The van der Waals surface area contributed by atoms with Gasteiger partial charge in [-0.05, 0) is 66.6 Å². The van der Waals surface area contributed by atoms with E-state index in [4.69, 9.17) is 0 Å². The highest BCUT2D eigenvalue weighted by atomic mass is 19.4. The molecule has 1 aliphatic rings. The predicted molar refractivity (Wildman–Crippen MR) is 98.1 cm³/mol. The van der Waals surface area contributed by atoms with E-state index in [0.717, 1.165) is 48.9 Å². The lowest BCUT2D eigenvalue weighted by Crippen LogP contribution is -2.17. The van der Waals surface area contributed by atoms with Crippen LogP contribution in [0.5, 0.6) is 5.75 Å². The van der Waals surface area contributed by atoms with Gasteiger partial charge in [0.25, 0.3) is 0 Å². The average Bonchev–Trinajstić information content (AvgIpc) is 2.62. The van der Waals surface area contributed by atoms with Crippen LogP contribution in [0.15, 0.2) is 42.0 Å². The molecule has 0 aromatic heterocycles. The van der Waals surface area contributed by atoms with Crippen molar-refractivity contribution in [3.63, 3.8) is 0 Å². The number of unbranched alkanes of at least 4 members (excludes halogenated alkanes) is 2. The second-order valence-electron chi connectivity index (χ2n) is 6.99. The largest absolute Gasteiger partial charge is 0.573 e. The number of fused-ring (bicyclic) bond motifs is 1. The van der Waals surface area contributed by atoms with Crippen LogP contribution in [-0.4, -0.2) is 6.36 Å². The lowest BCUT2D eigenvalue weighted by molar-refractivity contribution is -0.275. The Labute approximate surface area is 160 Å². The van der Waals surface area contributed by atoms with E-state index < -0.39 is 23.7 Å². The van der Waals surface area contributed by atoms with Crippen molar-refractivity contribution in [3.05, 3.63) is 64.7 Å². The van der Waals surface area contributed by atoms with Gasteiger partial charge in [-0.15, -0.1) is 13.2 Å². The fourth-order valence-electron chi connectivity index (χ4n) is 3.47. The molecule has 0 saturated carbocycles. The molecule has 0 saturated heterocycles. The summed E-state index contributed by atoms with van der Waals surface area (Å²) < 4.78 is 69.1. The van der Waals surface area contributed by atoms with Crippen molar-refractivity contribution in [2.75, 3.05) is 0 Å². The minimum Gasteiger partial charge on any atom is -0.403 e. The predicted octanol–water partition coefficient (Wildman–Crippen LogP) is 7.14.